The Labute approximate surface area is 114 Å². The number of pyridine rings is 1. The van der Waals surface area contributed by atoms with E-state index in [-0.39, 0.29) is 5.82 Å². The van der Waals surface area contributed by atoms with Crippen molar-refractivity contribution in [3.63, 3.8) is 0 Å². The molecule has 0 atom stereocenters. The maximum Gasteiger partial charge on any atom is 0.166 e. The largest absolute Gasteiger partial charge is 0.368 e. The number of hydrogen-bond acceptors (Lipinski definition) is 2. The van der Waals surface area contributed by atoms with Gasteiger partial charge in [0.2, 0.25) is 0 Å². The van der Waals surface area contributed by atoms with Crippen molar-refractivity contribution in [1.82, 2.24) is 4.98 Å². The summed E-state index contributed by atoms with van der Waals surface area (Å²) in [6, 6.07) is 11.7. The Morgan fingerprint density at radius 3 is 2.72 bits per heavy atom. The smallest absolute Gasteiger partial charge is 0.166 e. The Morgan fingerprint density at radius 2 is 2.00 bits per heavy atom. The summed E-state index contributed by atoms with van der Waals surface area (Å²) in [6.45, 7) is 0.709. The van der Waals surface area contributed by atoms with Crippen molar-refractivity contribution in [2.45, 2.75) is 12.8 Å². The summed E-state index contributed by atoms with van der Waals surface area (Å²) in [5.41, 5.74) is 1.29. The van der Waals surface area contributed by atoms with Crippen molar-refractivity contribution >= 4 is 21.7 Å². The maximum atomic E-state index is 13.4. The number of nitrogens with one attached hydrogen (secondary N) is 1. The zero-order valence-corrected chi connectivity index (χ0v) is 11.5. The molecule has 0 saturated heterocycles. The van der Waals surface area contributed by atoms with E-state index in [1.807, 2.05) is 18.2 Å². The minimum atomic E-state index is -0.330. The first-order chi connectivity index (χ1) is 8.75. The molecule has 94 valence electrons. The van der Waals surface area contributed by atoms with E-state index in [2.05, 4.69) is 38.4 Å². The van der Waals surface area contributed by atoms with E-state index < -0.39 is 0 Å². The van der Waals surface area contributed by atoms with Crippen LogP contribution in [0, 0.1) is 5.82 Å². The van der Waals surface area contributed by atoms with Crippen molar-refractivity contribution in [2.24, 2.45) is 0 Å². The van der Waals surface area contributed by atoms with Crippen molar-refractivity contribution in [3.8, 4) is 0 Å². The van der Waals surface area contributed by atoms with Crippen LogP contribution in [0.1, 0.15) is 12.0 Å². The van der Waals surface area contributed by atoms with Crippen molar-refractivity contribution in [3.05, 3.63) is 58.4 Å². The third-order valence-corrected chi connectivity index (χ3v) is 3.02. The van der Waals surface area contributed by atoms with E-state index in [4.69, 9.17) is 0 Å². The highest BCUT2D eigenvalue weighted by atomic mass is 79.9. The number of rotatable bonds is 5. The second kappa shape index (κ2) is 6.50. The van der Waals surface area contributed by atoms with E-state index in [1.54, 1.807) is 6.20 Å². The Hall–Kier alpha value is -1.42. The molecule has 0 unspecified atom stereocenters. The third kappa shape index (κ3) is 3.81. The molecule has 0 saturated carbocycles. The van der Waals surface area contributed by atoms with E-state index in [9.17, 15) is 4.39 Å². The average molecular weight is 309 g/mol. The van der Waals surface area contributed by atoms with Crippen molar-refractivity contribution < 1.29 is 4.39 Å². The monoisotopic (exact) mass is 308 g/mol. The average Bonchev–Trinajstić information content (AvgIpc) is 2.38. The maximum absolute atomic E-state index is 13.4. The van der Waals surface area contributed by atoms with Crippen molar-refractivity contribution in [2.75, 3.05) is 11.9 Å². The SMILES string of the molecule is Fc1cc(Br)cnc1NCCCc1ccccc1. The predicted molar refractivity (Wildman–Crippen MR) is 75.1 cm³/mol. The van der Waals surface area contributed by atoms with Crippen LogP contribution in [0.4, 0.5) is 10.2 Å². The number of aromatic nitrogens is 1. The molecule has 18 heavy (non-hydrogen) atoms. The van der Waals surface area contributed by atoms with Crippen LogP contribution < -0.4 is 5.32 Å². The molecule has 0 aliphatic carbocycles. The van der Waals surface area contributed by atoms with Crippen LogP contribution in [-0.4, -0.2) is 11.5 Å². The van der Waals surface area contributed by atoms with Crippen LogP contribution in [0.5, 0.6) is 0 Å². The van der Waals surface area contributed by atoms with Gasteiger partial charge >= 0.3 is 0 Å². The Morgan fingerprint density at radius 1 is 1.22 bits per heavy atom. The molecule has 0 fully saturated rings. The normalized spacial score (nSPS) is 10.3. The lowest BCUT2D eigenvalue weighted by Crippen LogP contribution is -2.06. The van der Waals surface area contributed by atoms with Gasteiger partial charge in [-0.1, -0.05) is 30.3 Å². The van der Waals surface area contributed by atoms with Gasteiger partial charge in [-0.3, -0.25) is 0 Å². The Balaban J connectivity index is 1.79. The molecule has 0 aliphatic heterocycles. The Kier molecular flexibility index (Phi) is 4.70. The number of anilines is 1. The summed E-state index contributed by atoms with van der Waals surface area (Å²) in [6.07, 6.45) is 3.51. The second-order valence-corrected chi connectivity index (χ2v) is 4.92. The van der Waals surface area contributed by atoms with E-state index in [0.29, 0.717) is 16.8 Å². The molecule has 0 spiro atoms. The van der Waals surface area contributed by atoms with Gasteiger partial charge in [-0.05, 0) is 40.4 Å². The van der Waals surface area contributed by atoms with Gasteiger partial charge in [0, 0.05) is 17.2 Å². The van der Waals surface area contributed by atoms with Gasteiger partial charge in [0.25, 0.3) is 0 Å². The molecule has 0 aliphatic rings. The summed E-state index contributed by atoms with van der Waals surface area (Å²) in [4.78, 5) is 3.99. The van der Waals surface area contributed by atoms with E-state index >= 15 is 0 Å². The number of benzene rings is 1. The first-order valence-electron chi connectivity index (χ1n) is 5.84. The summed E-state index contributed by atoms with van der Waals surface area (Å²) in [7, 11) is 0. The van der Waals surface area contributed by atoms with E-state index in [0.717, 1.165) is 12.8 Å². The fourth-order valence-electron chi connectivity index (χ4n) is 1.69. The quantitative estimate of drug-likeness (QED) is 0.844. The summed E-state index contributed by atoms with van der Waals surface area (Å²) in [5.74, 6) is -0.0182. The van der Waals surface area contributed by atoms with Gasteiger partial charge in [-0.2, -0.15) is 0 Å². The standard InChI is InChI=1S/C14H14BrFN2/c15-12-9-13(16)14(18-10-12)17-8-4-7-11-5-2-1-3-6-11/h1-3,5-6,9-10H,4,7-8H2,(H,17,18). The van der Waals surface area contributed by atoms with Gasteiger partial charge < -0.3 is 5.32 Å². The fraction of sp³-hybridized carbons (Fsp3) is 0.214. The van der Waals surface area contributed by atoms with Crippen LogP contribution >= 0.6 is 15.9 Å². The van der Waals surface area contributed by atoms with Crippen LogP contribution in [0.2, 0.25) is 0 Å². The topological polar surface area (TPSA) is 24.9 Å². The molecule has 2 rings (SSSR count). The molecule has 1 N–H and O–H groups in total. The zero-order valence-electron chi connectivity index (χ0n) is 9.87. The molecule has 4 heteroatoms. The number of hydrogen-bond donors (Lipinski definition) is 1. The number of halogens is 2. The molecule has 1 aromatic carbocycles. The minimum absolute atomic E-state index is 0.311. The predicted octanol–water partition coefficient (Wildman–Crippen LogP) is 4.03. The van der Waals surface area contributed by atoms with Gasteiger partial charge in [-0.25, -0.2) is 9.37 Å². The first-order valence-corrected chi connectivity index (χ1v) is 6.64. The van der Waals surface area contributed by atoms with Gasteiger partial charge in [0.05, 0.1) is 0 Å². The fourth-order valence-corrected chi connectivity index (χ4v) is 1.99. The first kappa shape index (κ1) is 13.0. The van der Waals surface area contributed by atoms with Crippen LogP contribution in [-0.2, 0) is 6.42 Å². The van der Waals surface area contributed by atoms with Gasteiger partial charge in [0.15, 0.2) is 11.6 Å². The summed E-state index contributed by atoms with van der Waals surface area (Å²) in [5, 5.41) is 3.00. The lowest BCUT2D eigenvalue weighted by Gasteiger charge is -2.06. The molecule has 1 heterocycles. The molecular formula is C14H14BrFN2. The Bertz CT molecular complexity index is 502. The summed E-state index contributed by atoms with van der Waals surface area (Å²) < 4.78 is 14.1. The third-order valence-electron chi connectivity index (χ3n) is 2.59. The molecule has 0 radical (unpaired) electrons. The molecular weight excluding hydrogens is 295 g/mol. The van der Waals surface area contributed by atoms with Crippen LogP contribution in [0.15, 0.2) is 47.1 Å². The molecule has 1 aromatic heterocycles. The van der Waals surface area contributed by atoms with Crippen LogP contribution in [0.3, 0.4) is 0 Å². The highest BCUT2D eigenvalue weighted by molar-refractivity contribution is 9.10. The highest BCUT2D eigenvalue weighted by Gasteiger charge is 2.03. The number of nitrogens with zero attached hydrogens (tertiary/aromatic N) is 1. The zero-order chi connectivity index (χ0) is 12.8. The molecule has 0 amide bonds. The lowest BCUT2D eigenvalue weighted by molar-refractivity contribution is 0.622. The van der Waals surface area contributed by atoms with Crippen molar-refractivity contribution in [1.29, 1.82) is 0 Å². The van der Waals surface area contributed by atoms with Crippen LogP contribution in [0.25, 0.3) is 0 Å². The minimum Gasteiger partial charge on any atom is -0.368 e. The highest BCUT2D eigenvalue weighted by Crippen LogP contribution is 2.16. The molecule has 0 bridgehead atoms. The lowest BCUT2D eigenvalue weighted by atomic mass is 10.1. The number of aryl methyl sites for hydroxylation is 1. The van der Waals surface area contributed by atoms with Gasteiger partial charge in [0.1, 0.15) is 0 Å². The molecule has 2 nitrogen and oxygen atoms in total. The molecule has 2 aromatic rings. The summed E-state index contributed by atoms with van der Waals surface area (Å²) >= 11 is 3.18. The van der Waals surface area contributed by atoms with E-state index in [1.165, 1.54) is 11.6 Å². The second-order valence-electron chi connectivity index (χ2n) is 4.00. The van der Waals surface area contributed by atoms with Gasteiger partial charge in [-0.15, -0.1) is 0 Å².